The first-order valence-corrected chi connectivity index (χ1v) is 0.986. The van der Waals surface area contributed by atoms with E-state index in [0.717, 1.165) is 0 Å². The summed E-state index contributed by atoms with van der Waals surface area (Å²) in [7, 11) is 0. The molecule has 0 radical (unpaired) electrons. The van der Waals surface area contributed by atoms with Gasteiger partial charge in [0.25, 0.3) is 0 Å². The van der Waals surface area contributed by atoms with E-state index in [2.05, 4.69) is 6.58 Å². The Balaban J connectivity index is 0. The molecule has 0 aliphatic rings. The summed E-state index contributed by atoms with van der Waals surface area (Å²) in [6, 6.07) is 0. The molecule has 1 unspecified atom stereocenters. The predicted octanol–water partition coefficient (Wildman–Crippen LogP) is 0.00840. The van der Waals surface area contributed by atoms with Crippen molar-refractivity contribution >= 4 is 18.0 Å². The summed E-state index contributed by atoms with van der Waals surface area (Å²) < 4.78 is 0. The second-order valence-corrected chi connectivity index (χ2v) is 0.408. The molecule has 26 valence electrons. The molecule has 4 heavy (non-hydrogen) atoms. The standard InChI is InChI=1S/C3H6.AsH3/c1-3-2;/h3H,1H2,2H3;1H3. The Bertz CT molecular complexity index is 10.8. The van der Waals surface area contributed by atoms with E-state index in [1.54, 1.807) is 6.08 Å². The zero-order valence-electron chi connectivity index (χ0n) is 2.99. The van der Waals surface area contributed by atoms with Gasteiger partial charge >= 0.3 is 18.0 Å². The Morgan fingerprint density at radius 3 is 1.75 bits per heavy atom. The van der Waals surface area contributed by atoms with Crippen molar-refractivity contribution in [2.45, 2.75) is 6.92 Å². The minimum atomic E-state index is 0. The van der Waals surface area contributed by atoms with Crippen LogP contribution in [0.4, 0.5) is 0 Å². The molecule has 1 atom stereocenters. The van der Waals surface area contributed by atoms with Gasteiger partial charge in [-0.05, 0) is 6.92 Å². The van der Waals surface area contributed by atoms with Crippen LogP contribution in [0.1, 0.15) is 6.92 Å². The molecule has 0 nitrogen and oxygen atoms in total. The monoisotopic (exact) mass is 120 g/mol. The van der Waals surface area contributed by atoms with Crippen molar-refractivity contribution in [2.75, 3.05) is 0 Å². The van der Waals surface area contributed by atoms with Crippen LogP contribution in [-0.2, 0) is 0 Å². The molecular formula is C3H9As. The van der Waals surface area contributed by atoms with E-state index in [9.17, 15) is 0 Å². The zero-order valence-corrected chi connectivity index (χ0v) is 5.96. The Labute approximate surface area is 38.2 Å². The molecule has 1 heteroatoms. The van der Waals surface area contributed by atoms with E-state index in [0.29, 0.717) is 0 Å². The average molecular weight is 120 g/mol. The molecule has 0 aliphatic heterocycles. The Kier molecular flexibility index (Phi) is 22.9. The Morgan fingerprint density at radius 1 is 1.75 bits per heavy atom. The number of hydrogen-bond acceptors (Lipinski definition) is 0. The van der Waals surface area contributed by atoms with Crippen LogP contribution in [0.3, 0.4) is 0 Å². The van der Waals surface area contributed by atoms with Crippen molar-refractivity contribution in [2.24, 2.45) is 0 Å². The molecular weight excluding hydrogens is 111 g/mol. The van der Waals surface area contributed by atoms with Gasteiger partial charge in [-0.3, -0.25) is 0 Å². The van der Waals surface area contributed by atoms with E-state index in [4.69, 9.17) is 0 Å². The van der Waals surface area contributed by atoms with Gasteiger partial charge in [0.05, 0.1) is 0 Å². The molecule has 0 spiro atoms. The summed E-state index contributed by atoms with van der Waals surface area (Å²) in [5.74, 6) is 0. The third kappa shape index (κ3) is 43.5. The van der Waals surface area contributed by atoms with Crippen LogP contribution in [0.15, 0.2) is 12.7 Å². The number of hydrogen-bond donors (Lipinski definition) is 0. The third-order valence-electron chi connectivity index (χ3n) is 0. The quantitative estimate of drug-likeness (QED) is 0.312. The van der Waals surface area contributed by atoms with E-state index in [-0.39, 0.29) is 18.0 Å². The predicted molar refractivity (Wildman–Crippen MR) is 25.8 cm³/mol. The minimum absolute atomic E-state index is 0. The van der Waals surface area contributed by atoms with Gasteiger partial charge in [0.15, 0.2) is 0 Å². The van der Waals surface area contributed by atoms with E-state index in [1.807, 2.05) is 6.92 Å². The first-order chi connectivity index (χ1) is 1.41. The first-order valence-electron chi connectivity index (χ1n) is 0.986. The topological polar surface area (TPSA) is 0 Å². The van der Waals surface area contributed by atoms with Crippen molar-refractivity contribution in [3.63, 3.8) is 0 Å². The maximum atomic E-state index is 3.36. The molecule has 0 fully saturated rings. The molecule has 0 aromatic heterocycles. The third-order valence-corrected chi connectivity index (χ3v) is 0. The fourth-order valence-electron chi connectivity index (χ4n) is 0. The molecule has 0 N–H and O–H groups in total. The van der Waals surface area contributed by atoms with Crippen LogP contribution < -0.4 is 0 Å². The van der Waals surface area contributed by atoms with Crippen molar-refractivity contribution in [3.05, 3.63) is 12.7 Å². The SMILES string of the molecule is C=CC.[AsH3]. The molecule has 0 aliphatic carbocycles. The average Bonchev–Trinajstić information content (AvgIpc) is 0.918. The van der Waals surface area contributed by atoms with Crippen LogP contribution in [0.5, 0.6) is 0 Å². The number of allylic oxidation sites excluding steroid dienone is 1. The summed E-state index contributed by atoms with van der Waals surface area (Å²) in [4.78, 5) is 0. The van der Waals surface area contributed by atoms with Gasteiger partial charge in [0.2, 0.25) is 0 Å². The summed E-state index contributed by atoms with van der Waals surface area (Å²) in [6.07, 6.45) is 1.75. The molecule has 0 saturated carbocycles. The van der Waals surface area contributed by atoms with E-state index >= 15 is 0 Å². The fourth-order valence-corrected chi connectivity index (χ4v) is 0. The van der Waals surface area contributed by atoms with Crippen LogP contribution in [-0.4, -0.2) is 18.0 Å². The number of rotatable bonds is 0. The molecule has 0 rings (SSSR count). The summed E-state index contributed by atoms with van der Waals surface area (Å²) >= 11 is 0. The molecule has 0 saturated heterocycles. The normalized spacial score (nSPS) is 3.25. The molecule has 0 aromatic carbocycles. The second kappa shape index (κ2) is 10.3. The summed E-state index contributed by atoms with van der Waals surface area (Å²) in [5, 5.41) is 0. The van der Waals surface area contributed by atoms with Gasteiger partial charge in [0.1, 0.15) is 0 Å². The van der Waals surface area contributed by atoms with Gasteiger partial charge in [-0.2, -0.15) is 0 Å². The van der Waals surface area contributed by atoms with Gasteiger partial charge < -0.3 is 0 Å². The van der Waals surface area contributed by atoms with Gasteiger partial charge in [-0.25, -0.2) is 0 Å². The molecule has 0 amide bonds. The van der Waals surface area contributed by atoms with E-state index < -0.39 is 0 Å². The van der Waals surface area contributed by atoms with Crippen molar-refractivity contribution in [1.29, 1.82) is 0 Å². The Hall–Kier alpha value is 0.298. The summed E-state index contributed by atoms with van der Waals surface area (Å²) in [6.45, 7) is 5.25. The van der Waals surface area contributed by atoms with E-state index in [1.165, 1.54) is 0 Å². The van der Waals surface area contributed by atoms with Crippen LogP contribution in [0.2, 0.25) is 0 Å². The van der Waals surface area contributed by atoms with Gasteiger partial charge in [0, 0.05) is 0 Å². The Morgan fingerprint density at radius 2 is 1.75 bits per heavy atom. The second-order valence-electron chi connectivity index (χ2n) is 0.408. The van der Waals surface area contributed by atoms with Crippen molar-refractivity contribution < 1.29 is 0 Å². The first kappa shape index (κ1) is 8.85. The van der Waals surface area contributed by atoms with Crippen molar-refractivity contribution in [3.8, 4) is 0 Å². The molecule has 0 heterocycles. The fraction of sp³-hybridized carbons (Fsp3) is 0.333. The molecule has 0 aromatic rings. The van der Waals surface area contributed by atoms with Gasteiger partial charge in [-0.1, -0.05) is 6.08 Å². The molecule has 0 bridgehead atoms. The van der Waals surface area contributed by atoms with Crippen LogP contribution in [0, 0.1) is 0 Å². The van der Waals surface area contributed by atoms with Crippen molar-refractivity contribution in [1.82, 2.24) is 0 Å². The maximum absolute atomic E-state index is 3.36. The van der Waals surface area contributed by atoms with Crippen LogP contribution >= 0.6 is 0 Å². The summed E-state index contributed by atoms with van der Waals surface area (Å²) in [5.41, 5.74) is 0. The zero-order chi connectivity index (χ0) is 2.71. The van der Waals surface area contributed by atoms with Gasteiger partial charge in [-0.15, -0.1) is 6.58 Å². The van der Waals surface area contributed by atoms with Crippen LogP contribution in [0.25, 0.3) is 0 Å².